The van der Waals surface area contributed by atoms with Crippen LogP contribution < -0.4 is 0 Å². The Morgan fingerprint density at radius 3 is 2.62 bits per heavy atom. The Morgan fingerprint density at radius 1 is 1.12 bits per heavy atom. The molecule has 84 valence electrons. The monoisotopic (exact) mass is 232 g/mol. The van der Waals surface area contributed by atoms with Crippen LogP contribution in [0.15, 0.2) is 24.8 Å². The molecule has 3 rings (SSSR count). The summed E-state index contributed by atoms with van der Waals surface area (Å²) in [5, 5.41) is 0.897. The van der Waals surface area contributed by atoms with Gasteiger partial charge in [0.05, 0.1) is 0 Å². The lowest BCUT2D eigenvalue weighted by Gasteiger charge is -2.37. The summed E-state index contributed by atoms with van der Waals surface area (Å²) in [7, 11) is 0. The van der Waals surface area contributed by atoms with Gasteiger partial charge in [-0.3, -0.25) is 0 Å². The van der Waals surface area contributed by atoms with Crippen molar-refractivity contribution in [1.29, 1.82) is 0 Å². The van der Waals surface area contributed by atoms with Crippen LogP contribution in [0.25, 0.3) is 5.57 Å². The molecule has 2 aliphatic rings. The summed E-state index contributed by atoms with van der Waals surface area (Å²) in [5.74, 6) is 0. The van der Waals surface area contributed by atoms with E-state index in [4.69, 9.17) is 11.6 Å². The highest BCUT2D eigenvalue weighted by Crippen LogP contribution is 2.55. The summed E-state index contributed by atoms with van der Waals surface area (Å²) in [4.78, 5) is 0. The van der Waals surface area contributed by atoms with E-state index in [0.717, 1.165) is 5.02 Å². The van der Waals surface area contributed by atoms with Gasteiger partial charge in [0.25, 0.3) is 0 Å². The maximum Gasteiger partial charge on any atom is 0.0483 e. The number of hydrogen-bond donors (Lipinski definition) is 0. The molecule has 0 atom stereocenters. The lowest BCUT2D eigenvalue weighted by Crippen LogP contribution is -2.24. The highest BCUT2D eigenvalue weighted by Gasteiger charge is 2.40. The van der Waals surface area contributed by atoms with E-state index in [1.807, 2.05) is 6.07 Å². The Bertz CT molecular complexity index is 439. The second kappa shape index (κ2) is 3.63. The van der Waals surface area contributed by atoms with Crippen LogP contribution in [0.4, 0.5) is 0 Å². The number of halogens is 1. The fraction of sp³-hybridized carbons (Fsp3) is 0.467. The SMILES string of the molecule is C=C1c2c(Cl)cccc2CCC12CCCC2. The van der Waals surface area contributed by atoms with E-state index in [2.05, 4.69) is 18.7 Å². The van der Waals surface area contributed by atoms with Crippen molar-refractivity contribution < 1.29 is 0 Å². The Morgan fingerprint density at radius 2 is 1.88 bits per heavy atom. The summed E-state index contributed by atoms with van der Waals surface area (Å²) in [6, 6.07) is 6.26. The molecule has 1 heteroatoms. The Balaban J connectivity index is 2.10. The lowest BCUT2D eigenvalue weighted by molar-refractivity contribution is 0.371. The average Bonchev–Trinajstić information content (AvgIpc) is 2.74. The maximum atomic E-state index is 6.34. The van der Waals surface area contributed by atoms with Crippen molar-refractivity contribution in [3.8, 4) is 0 Å². The Hall–Kier alpha value is -0.750. The molecule has 0 nitrogen and oxygen atoms in total. The summed E-state index contributed by atoms with van der Waals surface area (Å²) in [6.45, 7) is 4.37. The van der Waals surface area contributed by atoms with Gasteiger partial charge in [0.1, 0.15) is 0 Å². The van der Waals surface area contributed by atoms with Gasteiger partial charge in [0.2, 0.25) is 0 Å². The van der Waals surface area contributed by atoms with Crippen LogP contribution in [-0.4, -0.2) is 0 Å². The van der Waals surface area contributed by atoms with Gasteiger partial charge in [-0.15, -0.1) is 0 Å². The van der Waals surface area contributed by atoms with E-state index in [1.165, 1.54) is 55.2 Å². The minimum atomic E-state index is 0.387. The maximum absolute atomic E-state index is 6.34. The summed E-state index contributed by atoms with van der Waals surface area (Å²) < 4.78 is 0. The van der Waals surface area contributed by atoms with Gasteiger partial charge in [-0.2, -0.15) is 0 Å². The molecule has 1 fully saturated rings. The van der Waals surface area contributed by atoms with E-state index in [-0.39, 0.29) is 0 Å². The molecule has 1 aromatic rings. The van der Waals surface area contributed by atoms with Crippen LogP contribution >= 0.6 is 11.6 Å². The van der Waals surface area contributed by atoms with Gasteiger partial charge in [-0.1, -0.05) is 43.2 Å². The zero-order valence-corrected chi connectivity index (χ0v) is 10.3. The Kier molecular flexibility index (Phi) is 2.36. The highest BCUT2D eigenvalue weighted by atomic mass is 35.5. The zero-order chi connectivity index (χ0) is 11.2. The third-order valence-corrected chi connectivity index (χ3v) is 4.79. The average molecular weight is 233 g/mol. The molecule has 2 aliphatic carbocycles. The molecule has 0 saturated heterocycles. The number of fused-ring (bicyclic) bond motifs is 1. The van der Waals surface area contributed by atoms with Crippen LogP contribution in [0.3, 0.4) is 0 Å². The van der Waals surface area contributed by atoms with Crippen LogP contribution in [0.2, 0.25) is 5.02 Å². The van der Waals surface area contributed by atoms with Gasteiger partial charge in [-0.25, -0.2) is 0 Å². The molecule has 0 aromatic heterocycles. The quantitative estimate of drug-likeness (QED) is 0.599. The molecular formula is C15H17Cl. The largest absolute Gasteiger partial charge is 0.0946 e. The van der Waals surface area contributed by atoms with Crippen molar-refractivity contribution >= 4 is 17.2 Å². The first-order valence-electron chi connectivity index (χ1n) is 6.20. The van der Waals surface area contributed by atoms with Gasteiger partial charge in [-0.05, 0) is 53.9 Å². The number of allylic oxidation sites excluding steroid dienone is 1. The van der Waals surface area contributed by atoms with Crippen LogP contribution in [0.1, 0.15) is 43.2 Å². The summed E-state index contributed by atoms with van der Waals surface area (Å²) in [6.07, 6.45) is 7.80. The Labute approximate surface area is 102 Å². The predicted molar refractivity (Wildman–Crippen MR) is 69.7 cm³/mol. The van der Waals surface area contributed by atoms with Crippen molar-refractivity contribution in [2.75, 3.05) is 0 Å². The van der Waals surface area contributed by atoms with Gasteiger partial charge in [0.15, 0.2) is 0 Å². The van der Waals surface area contributed by atoms with Crippen molar-refractivity contribution in [1.82, 2.24) is 0 Å². The van der Waals surface area contributed by atoms with Crippen molar-refractivity contribution in [3.05, 3.63) is 40.9 Å². The van der Waals surface area contributed by atoms with Crippen LogP contribution in [-0.2, 0) is 6.42 Å². The topological polar surface area (TPSA) is 0 Å². The smallest absolute Gasteiger partial charge is 0.0483 e. The van der Waals surface area contributed by atoms with E-state index in [1.54, 1.807) is 0 Å². The number of aryl methyl sites for hydroxylation is 1. The molecule has 1 spiro atoms. The first kappa shape index (κ1) is 10.4. The van der Waals surface area contributed by atoms with E-state index in [9.17, 15) is 0 Å². The third kappa shape index (κ3) is 1.36. The lowest BCUT2D eigenvalue weighted by atomic mass is 9.67. The standard InChI is InChI=1S/C15H17Cl/c1-11-14-12(5-4-6-13(14)16)7-10-15(11)8-2-3-9-15/h4-6H,1-3,7-10H2. The molecule has 0 radical (unpaired) electrons. The van der Waals surface area contributed by atoms with E-state index < -0.39 is 0 Å². The predicted octanol–water partition coefficient (Wildman–Crippen LogP) is 4.86. The molecular weight excluding hydrogens is 216 g/mol. The van der Waals surface area contributed by atoms with Gasteiger partial charge in [0, 0.05) is 5.02 Å². The van der Waals surface area contributed by atoms with Crippen LogP contribution in [0.5, 0.6) is 0 Å². The van der Waals surface area contributed by atoms with Crippen molar-refractivity contribution in [2.24, 2.45) is 5.41 Å². The second-order valence-corrected chi connectivity index (χ2v) is 5.65. The normalized spacial score (nSPS) is 22.4. The minimum absolute atomic E-state index is 0.387. The molecule has 1 aromatic carbocycles. The first-order chi connectivity index (χ1) is 7.73. The van der Waals surface area contributed by atoms with E-state index >= 15 is 0 Å². The molecule has 1 saturated carbocycles. The minimum Gasteiger partial charge on any atom is -0.0946 e. The number of benzene rings is 1. The fourth-order valence-electron chi connectivity index (χ4n) is 3.51. The van der Waals surface area contributed by atoms with Crippen LogP contribution in [0, 0.1) is 5.41 Å². The molecule has 0 N–H and O–H groups in total. The highest BCUT2D eigenvalue weighted by molar-refractivity contribution is 6.32. The first-order valence-corrected chi connectivity index (χ1v) is 6.58. The molecule has 0 bridgehead atoms. The van der Waals surface area contributed by atoms with Crippen molar-refractivity contribution in [3.63, 3.8) is 0 Å². The molecule has 0 amide bonds. The second-order valence-electron chi connectivity index (χ2n) is 5.24. The van der Waals surface area contributed by atoms with E-state index in [0.29, 0.717) is 5.41 Å². The number of rotatable bonds is 0. The van der Waals surface area contributed by atoms with Gasteiger partial charge < -0.3 is 0 Å². The fourth-order valence-corrected chi connectivity index (χ4v) is 3.82. The molecule has 16 heavy (non-hydrogen) atoms. The third-order valence-electron chi connectivity index (χ3n) is 4.48. The number of hydrogen-bond acceptors (Lipinski definition) is 0. The molecule has 0 unspecified atom stereocenters. The zero-order valence-electron chi connectivity index (χ0n) is 9.56. The molecule has 0 aliphatic heterocycles. The van der Waals surface area contributed by atoms with Gasteiger partial charge >= 0.3 is 0 Å². The molecule has 0 heterocycles. The summed E-state index contributed by atoms with van der Waals surface area (Å²) in [5.41, 5.74) is 4.36. The summed E-state index contributed by atoms with van der Waals surface area (Å²) >= 11 is 6.34. The van der Waals surface area contributed by atoms with Crippen molar-refractivity contribution in [2.45, 2.75) is 38.5 Å².